The number of carbonyl (C=O) groups excluding carboxylic acids is 1. The Bertz CT molecular complexity index is 1160. The number of ether oxygens (including phenoxy) is 2. The standard InChI is InChI=1S/C38H56F2O3/c1-6-7-23-42-33-19-16-29(34(39)35(33)40)36(41)43-24-25(2)11-10-12-26(3)30-17-18-31-28-15-14-27-13-8-9-21-37(27,4)32(28)20-22-38(30,31)5/h16,19,24,26-28,30-32H,6-15,17-18,20-23H2,1-5H3/t26-,27?,28+,30-,31+,32+,37+,38-/m1/s1. The van der Waals surface area contributed by atoms with Crippen molar-refractivity contribution in [1.29, 1.82) is 0 Å². The summed E-state index contributed by atoms with van der Waals surface area (Å²) in [4.78, 5) is 12.5. The zero-order valence-electron chi connectivity index (χ0n) is 27.5. The molecule has 4 fully saturated rings. The Balaban J connectivity index is 1.11. The number of esters is 1. The first-order chi connectivity index (χ1) is 20.6. The minimum atomic E-state index is -1.22. The van der Waals surface area contributed by atoms with Crippen LogP contribution >= 0.6 is 0 Å². The van der Waals surface area contributed by atoms with Crippen molar-refractivity contribution < 1.29 is 23.0 Å². The monoisotopic (exact) mass is 598 g/mol. The second-order valence-corrected chi connectivity index (χ2v) is 15.3. The number of allylic oxidation sites excluding steroid dienone is 1. The van der Waals surface area contributed by atoms with Crippen LogP contribution in [0.3, 0.4) is 0 Å². The lowest BCUT2D eigenvalue weighted by molar-refractivity contribution is -0.114. The van der Waals surface area contributed by atoms with Crippen molar-refractivity contribution in [1.82, 2.24) is 0 Å². The first kappa shape index (κ1) is 32.5. The van der Waals surface area contributed by atoms with Gasteiger partial charge in [-0.15, -0.1) is 0 Å². The molecule has 5 rings (SSSR count). The van der Waals surface area contributed by atoms with Gasteiger partial charge in [-0.05, 0) is 142 Å². The molecule has 4 aliphatic rings. The fourth-order valence-electron chi connectivity index (χ4n) is 10.6. The largest absolute Gasteiger partial charge is 0.490 e. The van der Waals surface area contributed by atoms with Gasteiger partial charge in [0.15, 0.2) is 11.6 Å². The number of hydrogen-bond acceptors (Lipinski definition) is 3. The summed E-state index contributed by atoms with van der Waals surface area (Å²) in [6.45, 7) is 12.0. The average Bonchev–Trinajstić information content (AvgIpc) is 3.35. The molecule has 0 radical (unpaired) electrons. The van der Waals surface area contributed by atoms with Crippen LogP contribution in [0.5, 0.6) is 5.75 Å². The highest BCUT2D eigenvalue weighted by Crippen LogP contribution is 2.68. The Morgan fingerprint density at radius 1 is 0.977 bits per heavy atom. The molecule has 1 aromatic carbocycles. The molecule has 4 aliphatic carbocycles. The number of rotatable bonds is 11. The Hall–Kier alpha value is -1.91. The Kier molecular flexibility index (Phi) is 10.3. The predicted molar refractivity (Wildman–Crippen MR) is 169 cm³/mol. The lowest BCUT2D eigenvalue weighted by atomic mass is 9.44. The number of unbranched alkanes of at least 4 members (excludes halogenated alkanes) is 1. The number of halogens is 2. The lowest BCUT2D eigenvalue weighted by Gasteiger charge is -2.61. The summed E-state index contributed by atoms with van der Waals surface area (Å²) in [5.41, 5.74) is 1.61. The van der Waals surface area contributed by atoms with Gasteiger partial charge >= 0.3 is 5.97 Å². The average molecular weight is 599 g/mol. The van der Waals surface area contributed by atoms with Crippen LogP contribution < -0.4 is 4.74 Å². The molecule has 43 heavy (non-hydrogen) atoms. The van der Waals surface area contributed by atoms with Gasteiger partial charge in [-0.1, -0.05) is 53.4 Å². The van der Waals surface area contributed by atoms with Crippen molar-refractivity contribution in [2.45, 2.75) is 131 Å². The molecule has 0 spiro atoms. The zero-order valence-corrected chi connectivity index (χ0v) is 27.5. The Morgan fingerprint density at radius 2 is 1.77 bits per heavy atom. The number of fused-ring (bicyclic) bond motifs is 5. The molecule has 0 amide bonds. The van der Waals surface area contributed by atoms with Crippen LogP contribution in [0.15, 0.2) is 24.0 Å². The van der Waals surface area contributed by atoms with E-state index in [1.807, 2.05) is 13.8 Å². The second-order valence-electron chi connectivity index (χ2n) is 15.3. The van der Waals surface area contributed by atoms with Gasteiger partial charge in [0.1, 0.15) is 0 Å². The molecule has 0 saturated heterocycles. The first-order valence-corrected chi connectivity index (χ1v) is 17.6. The molecule has 0 aromatic heterocycles. The van der Waals surface area contributed by atoms with E-state index >= 15 is 0 Å². The SMILES string of the molecule is CCCCOc1ccc(C(=O)OC=C(C)CCC[C@@H](C)[C@H]2CC[C@H]3[C@@H]4CCC5CCCC[C@]5(C)[C@H]4CC[C@]23C)c(F)c1F. The van der Waals surface area contributed by atoms with Gasteiger partial charge in [-0.25, -0.2) is 9.18 Å². The van der Waals surface area contributed by atoms with Crippen LogP contribution in [0.4, 0.5) is 8.78 Å². The zero-order chi connectivity index (χ0) is 30.8. The maximum absolute atomic E-state index is 14.5. The third-order valence-corrected chi connectivity index (χ3v) is 13.0. The Morgan fingerprint density at radius 3 is 2.56 bits per heavy atom. The summed E-state index contributed by atoms with van der Waals surface area (Å²) in [5, 5.41) is 0. The highest BCUT2D eigenvalue weighted by Gasteiger charge is 2.60. The molecule has 1 aromatic rings. The van der Waals surface area contributed by atoms with Crippen LogP contribution in [0.1, 0.15) is 141 Å². The fraction of sp³-hybridized carbons (Fsp3) is 0.763. The third-order valence-electron chi connectivity index (χ3n) is 13.0. The highest BCUT2D eigenvalue weighted by molar-refractivity contribution is 5.90. The molecule has 0 bridgehead atoms. The summed E-state index contributed by atoms with van der Waals surface area (Å²) in [5.74, 6) is 1.82. The van der Waals surface area contributed by atoms with E-state index < -0.39 is 23.2 Å². The van der Waals surface area contributed by atoms with E-state index in [9.17, 15) is 13.6 Å². The molecular formula is C38H56F2O3. The van der Waals surface area contributed by atoms with Crippen LogP contribution in [0.25, 0.3) is 0 Å². The quantitative estimate of drug-likeness (QED) is 0.144. The van der Waals surface area contributed by atoms with Gasteiger partial charge < -0.3 is 9.47 Å². The van der Waals surface area contributed by atoms with Gasteiger partial charge in [0.25, 0.3) is 0 Å². The normalized spacial score (nSPS) is 34.6. The van der Waals surface area contributed by atoms with Gasteiger partial charge in [-0.3, -0.25) is 0 Å². The van der Waals surface area contributed by atoms with Crippen LogP contribution in [0, 0.1) is 58.0 Å². The number of carbonyl (C=O) groups is 1. The van der Waals surface area contributed by atoms with E-state index in [0.29, 0.717) is 23.4 Å². The second kappa shape index (κ2) is 13.6. The third kappa shape index (κ3) is 6.43. The molecule has 240 valence electrons. The van der Waals surface area contributed by atoms with Crippen molar-refractivity contribution in [3.05, 3.63) is 41.2 Å². The summed E-state index contributed by atoms with van der Waals surface area (Å²) in [7, 11) is 0. The topological polar surface area (TPSA) is 35.5 Å². The van der Waals surface area contributed by atoms with Gasteiger partial charge in [-0.2, -0.15) is 4.39 Å². The lowest BCUT2D eigenvalue weighted by Crippen LogP contribution is -2.53. The minimum absolute atomic E-state index is 0.176. The van der Waals surface area contributed by atoms with Crippen LogP contribution in [0.2, 0.25) is 0 Å². The number of hydrogen-bond donors (Lipinski definition) is 0. The molecule has 8 atom stereocenters. The fourth-order valence-corrected chi connectivity index (χ4v) is 10.6. The summed E-state index contributed by atoms with van der Waals surface area (Å²) >= 11 is 0. The highest BCUT2D eigenvalue weighted by atomic mass is 19.2. The summed E-state index contributed by atoms with van der Waals surface area (Å²) in [6, 6.07) is 2.53. The van der Waals surface area contributed by atoms with Gasteiger partial charge in [0, 0.05) is 0 Å². The van der Waals surface area contributed by atoms with E-state index in [1.54, 1.807) is 0 Å². The van der Waals surface area contributed by atoms with E-state index in [0.717, 1.165) is 60.8 Å². The molecular weight excluding hydrogens is 542 g/mol. The van der Waals surface area contributed by atoms with Crippen molar-refractivity contribution in [2.24, 2.45) is 46.3 Å². The van der Waals surface area contributed by atoms with Crippen LogP contribution in [-0.4, -0.2) is 12.6 Å². The van der Waals surface area contributed by atoms with Crippen molar-refractivity contribution >= 4 is 5.97 Å². The first-order valence-electron chi connectivity index (χ1n) is 17.6. The van der Waals surface area contributed by atoms with E-state index in [4.69, 9.17) is 9.47 Å². The molecule has 0 N–H and O–H groups in total. The van der Waals surface area contributed by atoms with Crippen molar-refractivity contribution in [2.75, 3.05) is 6.61 Å². The van der Waals surface area contributed by atoms with Gasteiger partial charge in [0.05, 0.1) is 18.4 Å². The van der Waals surface area contributed by atoms with Crippen LogP contribution in [-0.2, 0) is 4.74 Å². The Labute approximate surface area is 259 Å². The van der Waals surface area contributed by atoms with Crippen molar-refractivity contribution in [3.8, 4) is 5.75 Å². The maximum atomic E-state index is 14.5. The smallest absolute Gasteiger partial charge is 0.346 e. The number of benzene rings is 1. The van der Waals surface area contributed by atoms with E-state index in [1.165, 1.54) is 89.0 Å². The summed E-state index contributed by atoms with van der Waals surface area (Å²) < 4.78 is 39.5. The molecule has 0 heterocycles. The maximum Gasteiger partial charge on any atom is 0.346 e. The minimum Gasteiger partial charge on any atom is -0.490 e. The predicted octanol–water partition coefficient (Wildman–Crippen LogP) is 11.1. The van der Waals surface area contributed by atoms with Crippen molar-refractivity contribution in [3.63, 3.8) is 0 Å². The van der Waals surface area contributed by atoms with E-state index in [-0.39, 0.29) is 5.75 Å². The molecule has 4 saturated carbocycles. The molecule has 3 nitrogen and oxygen atoms in total. The molecule has 1 unspecified atom stereocenters. The van der Waals surface area contributed by atoms with Gasteiger partial charge in [0.2, 0.25) is 5.82 Å². The molecule has 5 heteroatoms. The van der Waals surface area contributed by atoms with E-state index in [2.05, 4.69) is 20.8 Å². The summed E-state index contributed by atoms with van der Waals surface area (Å²) in [6.07, 6.45) is 20.5. The molecule has 0 aliphatic heterocycles.